The molecule has 4 rings (SSSR count). The zero-order chi connectivity index (χ0) is 26.4. The molecule has 0 aliphatic heterocycles. The largest absolute Gasteiger partial charge is 0.496 e. The number of pyridine rings is 1. The number of alkyl halides is 2. The van der Waals surface area contributed by atoms with Crippen molar-refractivity contribution < 1.29 is 23.0 Å². The van der Waals surface area contributed by atoms with E-state index in [1.54, 1.807) is 24.3 Å². The normalized spacial score (nSPS) is 10.6. The van der Waals surface area contributed by atoms with Crippen molar-refractivity contribution in [3.63, 3.8) is 0 Å². The summed E-state index contributed by atoms with van der Waals surface area (Å²) in [6.07, 6.45) is -0.488. The van der Waals surface area contributed by atoms with E-state index in [1.807, 2.05) is 0 Å². The molecule has 12 heteroatoms. The predicted molar refractivity (Wildman–Crippen MR) is 134 cm³/mol. The lowest BCUT2D eigenvalue weighted by Crippen LogP contribution is -2.37. The van der Waals surface area contributed by atoms with E-state index >= 15 is 0 Å². The maximum absolute atomic E-state index is 12.4. The van der Waals surface area contributed by atoms with Gasteiger partial charge in [-0.05, 0) is 31.3 Å². The number of aldehydes is 1. The summed E-state index contributed by atoms with van der Waals surface area (Å²) < 4.78 is 36.0. The standard InChI is InChI=1S/C23H16ClF2N3O5.CH5N/c1-33-18-8-16-13(6-11(18)10-30)17(4-5-27-16)34-12-2-3-15(14(24)7-12)29-21-20(22(31)23(21)32)28-9-19(25)26;1-2/h2-8,10,19,28-29H,9H2,1H3;2H2,1H3. The number of nitrogens with zero attached hydrogens (tertiary/aromatic N) is 1. The average Bonchev–Trinajstić information content (AvgIpc) is 2.89. The number of nitrogens with one attached hydrogen (secondary N) is 2. The lowest BCUT2D eigenvalue weighted by atomic mass is 10.1. The predicted octanol–water partition coefficient (Wildman–Crippen LogP) is 4.09. The minimum Gasteiger partial charge on any atom is -0.496 e. The Morgan fingerprint density at radius 3 is 2.44 bits per heavy atom. The highest BCUT2D eigenvalue weighted by Gasteiger charge is 2.22. The molecule has 4 N–H and O–H groups in total. The minimum atomic E-state index is -2.69. The van der Waals surface area contributed by atoms with Gasteiger partial charge in [0.1, 0.15) is 28.6 Å². The van der Waals surface area contributed by atoms with E-state index in [2.05, 4.69) is 21.4 Å². The van der Waals surface area contributed by atoms with Crippen LogP contribution >= 0.6 is 11.6 Å². The first-order valence-electron chi connectivity index (χ1n) is 10.4. The van der Waals surface area contributed by atoms with Crippen molar-refractivity contribution in [1.29, 1.82) is 0 Å². The second kappa shape index (κ2) is 11.6. The van der Waals surface area contributed by atoms with Crippen LogP contribution in [-0.2, 0) is 0 Å². The molecule has 0 bridgehead atoms. The Kier molecular flexibility index (Phi) is 8.51. The third kappa shape index (κ3) is 5.42. The highest BCUT2D eigenvalue weighted by molar-refractivity contribution is 6.33. The van der Waals surface area contributed by atoms with Gasteiger partial charge in [-0.1, -0.05) is 11.6 Å². The molecule has 9 nitrogen and oxygen atoms in total. The Hall–Kier alpha value is -4.09. The maximum Gasteiger partial charge on any atom is 0.255 e. The molecule has 36 heavy (non-hydrogen) atoms. The molecule has 0 saturated carbocycles. The summed E-state index contributed by atoms with van der Waals surface area (Å²) in [5.41, 5.74) is 3.58. The van der Waals surface area contributed by atoms with Gasteiger partial charge in [-0.25, -0.2) is 8.78 Å². The second-order valence-electron chi connectivity index (χ2n) is 7.09. The number of anilines is 3. The Morgan fingerprint density at radius 2 is 1.81 bits per heavy atom. The molecule has 0 amide bonds. The molecule has 4 aromatic rings. The molecule has 0 spiro atoms. The van der Waals surface area contributed by atoms with Crippen molar-refractivity contribution in [2.24, 2.45) is 5.73 Å². The summed E-state index contributed by atoms with van der Waals surface area (Å²) in [6, 6.07) is 9.37. The third-order valence-corrected chi connectivity index (χ3v) is 5.26. The Labute approximate surface area is 208 Å². The van der Waals surface area contributed by atoms with Crippen molar-refractivity contribution >= 4 is 45.9 Å². The van der Waals surface area contributed by atoms with Gasteiger partial charge >= 0.3 is 0 Å². The summed E-state index contributed by atoms with van der Waals surface area (Å²) in [5.74, 6) is 1.13. The molecule has 0 saturated heterocycles. The number of benzene rings is 2. The number of aromatic nitrogens is 1. The molecular formula is C24H21ClF2N4O5. The zero-order valence-corrected chi connectivity index (χ0v) is 19.9. The first kappa shape index (κ1) is 26.5. The molecule has 0 unspecified atom stereocenters. The fraction of sp³-hybridized carbons (Fsp3) is 0.167. The van der Waals surface area contributed by atoms with Crippen LogP contribution < -0.4 is 36.7 Å². The van der Waals surface area contributed by atoms with E-state index < -0.39 is 23.8 Å². The van der Waals surface area contributed by atoms with Crippen LogP contribution in [0.15, 0.2) is 52.2 Å². The van der Waals surface area contributed by atoms with Crippen LogP contribution in [0, 0.1) is 0 Å². The van der Waals surface area contributed by atoms with E-state index in [1.165, 1.54) is 32.5 Å². The van der Waals surface area contributed by atoms with Crippen LogP contribution in [-0.4, -0.2) is 38.4 Å². The van der Waals surface area contributed by atoms with Gasteiger partial charge in [0.05, 0.1) is 35.4 Å². The molecule has 0 radical (unpaired) electrons. The molecule has 0 atom stereocenters. The van der Waals surface area contributed by atoms with Crippen LogP contribution in [0.25, 0.3) is 10.9 Å². The lowest BCUT2D eigenvalue weighted by Gasteiger charge is -2.16. The number of fused-ring (bicyclic) bond motifs is 1. The molecule has 0 aliphatic rings. The number of methoxy groups -OCH3 is 1. The molecule has 0 aliphatic carbocycles. The molecular weight excluding hydrogens is 498 g/mol. The van der Waals surface area contributed by atoms with E-state index in [-0.39, 0.29) is 22.1 Å². The van der Waals surface area contributed by atoms with Crippen molar-refractivity contribution in [1.82, 2.24) is 4.98 Å². The molecule has 188 valence electrons. The number of carbonyl (C=O) groups is 1. The summed E-state index contributed by atoms with van der Waals surface area (Å²) in [6.45, 7) is -0.766. The van der Waals surface area contributed by atoms with Crippen molar-refractivity contribution in [2.45, 2.75) is 6.43 Å². The van der Waals surface area contributed by atoms with Gasteiger partial charge in [0.15, 0.2) is 6.29 Å². The number of rotatable bonds is 9. The van der Waals surface area contributed by atoms with Gasteiger partial charge in [-0.3, -0.25) is 19.4 Å². The summed E-state index contributed by atoms with van der Waals surface area (Å²) in [5, 5.41) is 5.68. The van der Waals surface area contributed by atoms with E-state index in [0.29, 0.717) is 40.0 Å². The van der Waals surface area contributed by atoms with Gasteiger partial charge in [0, 0.05) is 23.7 Å². The quantitative estimate of drug-likeness (QED) is 0.221. The van der Waals surface area contributed by atoms with Crippen LogP contribution in [0.4, 0.5) is 25.8 Å². The number of ether oxygens (including phenoxy) is 2. The van der Waals surface area contributed by atoms with Gasteiger partial charge in [0.25, 0.3) is 17.3 Å². The molecule has 3 aromatic carbocycles. The monoisotopic (exact) mass is 518 g/mol. The smallest absolute Gasteiger partial charge is 0.255 e. The summed E-state index contributed by atoms with van der Waals surface area (Å²) >= 11 is 6.31. The molecule has 1 aromatic heterocycles. The van der Waals surface area contributed by atoms with E-state index in [0.717, 1.165) is 0 Å². The topological polar surface area (TPSA) is 133 Å². The number of carbonyl (C=O) groups excluding carboxylic acids is 1. The molecule has 1 heterocycles. The van der Waals surface area contributed by atoms with E-state index in [9.17, 15) is 23.2 Å². The fourth-order valence-electron chi connectivity index (χ4n) is 3.30. The van der Waals surface area contributed by atoms with Crippen molar-refractivity contribution in [2.75, 3.05) is 31.3 Å². The SMILES string of the molecule is CN.COc1cc2nccc(Oc3ccc(Nc4c(NCC(F)F)c(=O)c4=O)c(Cl)c3)c2cc1C=O. The average molecular weight is 519 g/mol. The van der Waals surface area contributed by atoms with Crippen molar-refractivity contribution in [3.8, 4) is 17.2 Å². The Morgan fingerprint density at radius 1 is 1.08 bits per heavy atom. The Balaban J connectivity index is 0.00000176. The van der Waals surface area contributed by atoms with Gasteiger partial charge in [-0.2, -0.15) is 0 Å². The highest BCUT2D eigenvalue weighted by Crippen LogP contribution is 2.36. The summed E-state index contributed by atoms with van der Waals surface area (Å²) in [4.78, 5) is 39.2. The van der Waals surface area contributed by atoms with Crippen LogP contribution in [0.1, 0.15) is 10.4 Å². The number of nitrogens with two attached hydrogens (primary N) is 1. The number of halogens is 3. The summed E-state index contributed by atoms with van der Waals surface area (Å²) in [7, 11) is 2.95. The third-order valence-electron chi connectivity index (χ3n) is 4.95. The number of hydrogen-bond acceptors (Lipinski definition) is 9. The van der Waals surface area contributed by atoms with Crippen LogP contribution in [0.2, 0.25) is 5.02 Å². The molecule has 0 fully saturated rings. The maximum atomic E-state index is 12.4. The first-order valence-corrected chi connectivity index (χ1v) is 10.8. The Bertz CT molecular complexity index is 1470. The van der Waals surface area contributed by atoms with E-state index in [4.69, 9.17) is 21.1 Å². The second-order valence-corrected chi connectivity index (χ2v) is 7.49. The van der Waals surface area contributed by atoms with Gasteiger partial charge in [0.2, 0.25) is 0 Å². The lowest BCUT2D eigenvalue weighted by molar-refractivity contribution is 0.112. The van der Waals surface area contributed by atoms with Gasteiger partial charge in [-0.15, -0.1) is 0 Å². The van der Waals surface area contributed by atoms with Crippen LogP contribution in [0.3, 0.4) is 0 Å². The van der Waals surface area contributed by atoms with Crippen molar-refractivity contribution in [3.05, 3.63) is 73.6 Å². The van der Waals surface area contributed by atoms with Crippen LogP contribution in [0.5, 0.6) is 17.2 Å². The minimum absolute atomic E-state index is 0.142. The first-order chi connectivity index (χ1) is 17.3. The zero-order valence-electron chi connectivity index (χ0n) is 19.1. The van der Waals surface area contributed by atoms with Gasteiger partial charge < -0.3 is 25.8 Å². The number of hydrogen-bond donors (Lipinski definition) is 3. The fourth-order valence-corrected chi connectivity index (χ4v) is 3.52. The highest BCUT2D eigenvalue weighted by atomic mass is 35.5.